The van der Waals surface area contributed by atoms with E-state index in [0.717, 1.165) is 17.4 Å². The van der Waals surface area contributed by atoms with E-state index in [1.807, 2.05) is 0 Å². The molecular formula is C18H14F4N6O2S2. The molecule has 0 saturated heterocycles. The second-order valence-electron chi connectivity index (χ2n) is 7.40. The number of aromatic nitrogens is 6. The molecule has 0 aromatic carbocycles. The highest BCUT2D eigenvalue weighted by Crippen LogP contribution is 2.46. The van der Waals surface area contributed by atoms with E-state index in [2.05, 4.69) is 25.1 Å². The van der Waals surface area contributed by atoms with Crippen LogP contribution in [0.5, 0.6) is 0 Å². The lowest BCUT2D eigenvalue weighted by Gasteiger charge is -2.08. The first-order chi connectivity index (χ1) is 15.0. The molecule has 168 valence electrons. The summed E-state index contributed by atoms with van der Waals surface area (Å²) in [4.78, 5) is 13.2. The van der Waals surface area contributed by atoms with Gasteiger partial charge in [0.15, 0.2) is 27.0 Å². The van der Waals surface area contributed by atoms with Crippen LogP contribution in [0.3, 0.4) is 0 Å². The molecule has 1 aliphatic carbocycles. The number of aryl methyl sites for hydroxylation is 1. The van der Waals surface area contributed by atoms with E-state index in [0.29, 0.717) is 21.8 Å². The van der Waals surface area contributed by atoms with Crippen LogP contribution in [0.15, 0.2) is 17.0 Å². The summed E-state index contributed by atoms with van der Waals surface area (Å²) in [7, 11) is -2.32. The molecule has 32 heavy (non-hydrogen) atoms. The molecule has 5 rings (SSSR count). The van der Waals surface area contributed by atoms with Gasteiger partial charge < -0.3 is 4.57 Å². The van der Waals surface area contributed by atoms with Crippen molar-refractivity contribution in [1.29, 1.82) is 0 Å². The zero-order chi connectivity index (χ0) is 23.0. The zero-order valence-electron chi connectivity index (χ0n) is 16.6. The van der Waals surface area contributed by atoms with Gasteiger partial charge in [0.1, 0.15) is 32.7 Å². The molecular weight excluding hydrogens is 472 g/mol. The van der Waals surface area contributed by atoms with Crippen LogP contribution in [0.1, 0.15) is 30.0 Å². The van der Waals surface area contributed by atoms with Crippen LogP contribution in [-0.4, -0.2) is 50.1 Å². The van der Waals surface area contributed by atoms with Crippen molar-refractivity contribution >= 4 is 42.7 Å². The topological polar surface area (TPSA) is 104 Å². The highest BCUT2D eigenvalue weighted by Gasteiger charge is 2.41. The minimum atomic E-state index is -4.71. The van der Waals surface area contributed by atoms with Crippen molar-refractivity contribution in [2.45, 2.75) is 36.5 Å². The van der Waals surface area contributed by atoms with E-state index in [1.54, 1.807) is 0 Å². The van der Waals surface area contributed by atoms with Gasteiger partial charge in [-0.1, -0.05) is 18.3 Å². The first-order valence-electron chi connectivity index (χ1n) is 9.45. The van der Waals surface area contributed by atoms with E-state index in [1.165, 1.54) is 24.6 Å². The van der Waals surface area contributed by atoms with Gasteiger partial charge in [0.25, 0.3) is 0 Å². The number of alkyl halides is 4. The quantitative estimate of drug-likeness (QED) is 0.406. The number of imidazole rings is 1. The van der Waals surface area contributed by atoms with Crippen molar-refractivity contribution in [2.75, 3.05) is 5.75 Å². The summed E-state index contributed by atoms with van der Waals surface area (Å²) in [5.41, 5.74) is -0.987. The van der Waals surface area contributed by atoms with Gasteiger partial charge in [0, 0.05) is 19.0 Å². The van der Waals surface area contributed by atoms with Gasteiger partial charge in [-0.05, 0) is 12.5 Å². The third-order valence-corrected chi connectivity index (χ3v) is 8.07. The number of nitrogens with zero attached hydrogens (tertiary/aromatic N) is 6. The highest BCUT2D eigenvalue weighted by molar-refractivity contribution is 7.91. The van der Waals surface area contributed by atoms with Gasteiger partial charge in [-0.3, -0.25) is 0 Å². The second kappa shape index (κ2) is 6.88. The molecule has 4 aromatic heterocycles. The molecule has 14 heteroatoms. The standard InChI is InChI=1S/C18H14F4N6O2S2/c1-3-32(29,30)11-5-10-17(31-16(24-10)7-4-8(7)19)25-13(11)15-23-9-6-12(18(20,21)22)26-27-14(9)28(15)2/h5-8H,3-4H2,1-2H3/t7-,8+/m0/s1. The third kappa shape index (κ3) is 3.32. The molecule has 0 spiro atoms. The Bertz CT molecular complexity index is 1490. The van der Waals surface area contributed by atoms with Gasteiger partial charge in [-0.2, -0.15) is 13.2 Å². The predicted octanol–water partition coefficient (Wildman–Crippen LogP) is 3.67. The molecule has 0 aliphatic heterocycles. The molecule has 2 atom stereocenters. The van der Waals surface area contributed by atoms with E-state index >= 15 is 0 Å². The fourth-order valence-corrected chi connectivity index (χ4v) is 5.45. The molecule has 0 radical (unpaired) electrons. The summed E-state index contributed by atoms with van der Waals surface area (Å²) in [5.74, 6) is -0.538. The van der Waals surface area contributed by atoms with Crippen LogP contribution in [0.2, 0.25) is 0 Å². The average Bonchev–Trinajstić information content (AvgIpc) is 3.18. The van der Waals surface area contributed by atoms with Gasteiger partial charge in [-0.15, -0.1) is 10.2 Å². The SMILES string of the molecule is CCS(=O)(=O)c1cc2nc([C@H]3C[C@H]3F)sc2nc1-c1nc2cc(C(F)(F)F)nnc2n1C. The van der Waals surface area contributed by atoms with Crippen LogP contribution >= 0.6 is 11.3 Å². The molecule has 4 heterocycles. The number of halogens is 4. The summed E-state index contributed by atoms with van der Waals surface area (Å²) < 4.78 is 79.5. The number of hydrogen-bond donors (Lipinski definition) is 0. The monoisotopic (exact) mass is 486 g/mol. The summed E-state index contributed by atoms with van der Waals surface area (Å²) in [6, 6.07) is 2.11. The lowest BCUT2D eigenvalue weighted by atomic mass is 10.3. The first-order valence-corrected chi connectivity index (χ1v) is 11.9. The van der Waals surface area contributed by atoms with E-state index < -0.39 is 27.9 Å². The van der Waals surface area contributed by atoms with Crippen molar-refractivity contribution < 1.29 is 26.0 Å². The van der Waals surface area contributed by atoms with Gasteiger partial charge in [-0.25, -0.2) is 27.8 Å². The molecule has 1 fully saturated rings. The number of hydrogen-bond acceptors (Lipinski definition) is 8. The number of pyridine rings is 1. The maximum Gasteiger partial charge on any atom is 0.435 e. The zero-order valence-corrected chi connectivity index (χ0v) is 18.2. The fourth-order valence-electron chi connectivity index (χ4n) is 3.33. The average molecular weight is 486 g/mol. The van der Waals surface area contributed by atoms with E-state index in [9.17, 15) is 26.0 Å². The summed E-state index contributed by atoms with van der Waals surface area (Å²) in [6.07, 6.45) is -5.32. The summed E-state index contributed by atoms with van der Waals surface area (Å²) >= 11 is 1.16. The molecule has 0 bridgehead atoms. The van der Waals surface area contributed by atoms with Crippen molar-refractivity contribution in [2.24, 2.45) is 7.05 Å². The molecule has 0 amide bonds. The number of thiazole rings is 1. The normalized spacial score (nSPS) is 19.2. The maximum absolute atomic E-state index is 13.5. The molecule has 1 aliphatic rings. The first kappa shape index (κ1) is 21.1. The van der Waals surface area contributed by atoms with Crippen molar-refractivity contribution in [3.05, 3.63) is 22.8 Å². The number of fused-ring (bicyclic) bond motifs is 2. The fraction of sp³-hybridized carbons (Fsp3) is 0.389. The Labute approximate surface area is 182 Å². The van der Waals surface area contributed by atoms with Gasteiger partial charge in [0.2, 0.25) is 0 Å². The van der Waals surface area contributed by atoms with Crippen molar-refractivity contribution in [3.63, 3.8) is 0 Å². The van der Waals surface area contributed by atoms with Gasteiger partial charge >= 0.3 is 6.18 Å². The van der Waals surface area contributed by atoms with Crippen LogP contribution < -0.4 is 0 Å². The van der Waals surface area contributed by atoms with Crippen molar-refractivity contribution in [1.82, 2.24) is 29.7 Å². The number of sulfone groups is 1. The lowest BCUT2D eigenvalue weighted by molar-refractivity contribution is -0.141. The van der Waals surface area contributed by atoms with Gasteiger partial charge in [0.05, 0.1) is 10.6 Å². The predicted molar refractivity (Wildman–Crippen MR) is 108 cm³/mol. The van der Waals surface area contributed by atoms with E-state index in [4.69, 9.17) is 0 Å². The Morgan fingerprint density at radius 1 is 1.16 bits per heavy atom. The molecule has 4 aromatic rings. The third-order valence-electron chi connectivity index (χ3n) is 5.23. The van der Waals surface area contributed by atoms with E-state index in [-0.39, 0.29) is 39.2 Å². The summed E-state index contributed by atoms with van der Waals surface area (Å²) in [6.45, 7) is 1.46. The summed E-state index contributed by atoms with van der Waals surface area (Å²) in [5, 5.41) is 7.35. The van der Waals surface area contributed by atoms with Crippen LogP contribution in [0, 0.1) is 0 Å². The van der Waals surface area contributed by atoms with Crippen LogP contribution in [0.4, 0.5) is 17.6 Å². The Morgan fingerprint density at radius 2 is 1.88 bits per heavy atom. The molecule has 1 saturated carbocycles. The van der Waals surface area contributed by atoms with Crippen molar-refractivity contribution in [3.8, 4) is 11.5 Å². The Morgan fingerprint density at radius 3 is 2.50 bits per heavy atom. The Balaban J connectivity index is 1.75. The molecule has 8 nitrogen and oxygen atoms in total. The maximum atomic E-state index is 13.5. The molecule has 0 N–H and O–H groups in total. The number of rotatable bonds is 4. The minimum absolute atomic E-state index is 0.0206. The Hall–Kier alpha value is -2.74. The smallest absolute Gasteiger partial charge is 0.309 e. The minimum Gasteiger partial charge on any atom is -0.309 e. The Kier molecular flexibility index (Phi) is 4.54. The van der Waals surface area contributed by atoms with Crippen LogP contribution in [-0.2, 0) is 23.1 Å². The largest absolute Gasteiger partial charge is 0.435 e. The lowest BCUT2D eigenvalue weighted by Crippen LogP contribution is -2.09. The second-order valence-corrected chi connectivity index (χ2v) is 10.7. The van der Waals surface area contributed by atoms with Crippen LogP contribution in [0.25, 0.3) is 33.0 Å². The highest BCUT2D eigenvalue weighted by atomic mass is 32.2. The molecule has 0 unspecified atom stereocenters.